The van der Waals surface area contributed by atoms with Crippen molar-refractivity contribution in [3.63, 3.8) is 0 Å². The Kier molecular flexibility index (Phi) is 5.38. The monoisotopic (exact) mass is 397 g/mol. The first kappa shape index (κ1) is 18.6. The Balaban J connectivity index is 1.60. The molecule has 7 nitrogen and oxygen atoms in total. The van der Waals surface area contributed by atoms with Gasteiger partial charge in [0.1, 0.15) is 0 Å². The van der Waals surface area contributed by atoms with E-state index >= 15 is 0 Å². The van der Waals surface area contributed by atoms with Crippen LogP contribution in [-0.4, -0.2) is 33.5 Å². The number of aryl methyl sites for hydroxylation is 2. The second-order valence-electron chi connectivity index (χ2n) is 7.02. The van der Waals surface area contributed by atoms with Crippen molar-refractivity contribution in [1.29, 1.82) is 0 Å². The highest BCUT2D eigenvalue weighted by molar-refractivity contribution is 7.13. The Morgan fingerprint density at radius 2 is 1.96 bits per heavy atom. The molecule has 1 aliphatic rings. The van der Waals surface area contributed by atoms with Crippen LogP contribution in [0, 0.1) is 6.92 Å². The Hall–Kier alpha value is -2.74. The van der Waals surface area contributed by atoms with Crippen molar-refractivity contribution >= 4 is 39.2 Å². The van der Waals surface area contributed by atoms with Gasteiger partial charge in [0.25, 0.3) is 5.56 Å². The predicted molar refractivity (Wildman–Crippen MR) is 112 cm³/mol. The largest absolute Gasteiger partial charge is 0.352 e. The Bertz CT molecular complexity index is 1050. The van der Waals surface area contributed by atoms with Crippen LogP contribution in [0.15, 0.2) is 34.4 Å². The number of carbonyl (C=O) groups excluding carboxylic acids is 1. The van der Waals surface area contributed by atoms with E-state index in [0.29, 0.717) is 17.5 Å². The van der Waals surface area contributed by atoms with E-state index in [1.54, 1.807) is 4.57 Å². The van der Waals surface area contributed by atoms with Gasteiger partial charge in [-0.25, -0.2) is 9.97 Å². The number of aromatic nitrogens is 3. The lowest BCUT2D eigenvalue weighted by molar-refractivity contribution is -0.116. The third-order valence-electron chi connectivity index (χ3n) is 4.92. The van der Waals surface area contributed by atoms with Gasteiger partial charge in [-0.3, -0.25) is 9.59 Å². The number of hydrogen-bond donors (Lipinski definition) is 1. The van der Waals surface area contributed by atoms with Gasteiger partial charge in [0.15, 0.2) is 10.9 Å². The molecule has 3 heterocycles. The molecule has 4 rings (SSSR count). The van der Waals surface area contributed by atoms with Gasteiger partial charge in [-0.1, -0.05) is 12.1 Å². The quantitative estimate of drug-likeness (QED) is 0.715. The van der Waals surface area contributed by atoms with Crippen molar-refractivity contribution in [1.82, 2.24) is 14.5 Å². The number of fused-ring (bicyclic) bond motifs is 1. The smallest absolute Gasteiger partial charge is 0.294 e. The van der Waals surface area contributed by atoms with E-state index in [9.17, 15) is 9.59 Å². The van der Waals surface area contributed by atoms with Crippen LogP contribution in [-0.2, 0) is 11.3 Å². The molecule has 0 aliphatic carbocycles. The number of rotatable bonds is 5. The highest BCUT2D eigenvalue weighted by Crippen LogP contribution is 2.19. The van der Waals surface area contributed by atoms with Crippen LogP contribution in [0.3, 0.4) is 0 Å². The van der Waals surface area contributed by atoms with Crippen LogP contribution in [0.2, 0.25) is 0 Å². The van der Waals surface area contributed by atoms with Gasteiger partial charge in [-0.2, -0.15) is 0 Å². The number of hydrogen-bond acceptors (Lipinski definition) is 6. The SMILES string of the molecule is Cc1csc(NC(=O)CCn2c(=O)c(N3CCCCC3)nc3ccccc32)n1. The topological polar surface area (TPSA) is 80.1 Å². The maximum Gasteiger partial charge on any atom is 0.294 e. The van der Waals surface area contributed by atoms with Gasteiger partial charge >= 0.3 is 0 Å². The van der Waals surface area contributed by atoms with Crippen molar-refractivity contribution in [2.75, 3.05) is 23.3 Å². The molecule has 0 bridgehead atoms. The van der Waals surface area contributed by atoms with E-state index in [4.69, 9.17) is 0 Å². The summed E-state index contributed by atoms with van der Waals surface area (Å²) in [5.41, 5.74) is 2.28. The summed E-state index contributed by atoms with van der Waals surface area (Å²) in [7, 11) is 0. The minimum atomic E-state index is -0.151. The Morgan fingerprint density at radius 1 is 1.18 bits per heavy atom. The third-order valence-corrected chi connectivity index (χ3v) is 5.79. The highest BCUT2D eigenvalue weighted by Gasteiger charge is 2.19. The van der Waals surface area contributed by atoms with E-state index in [1.807, 2.05) is 36.6 Å². The minimum Gasteiger partial charge on any atom is -0.352 e. The standard InChI is InChI=1S/C20H23N5O2S/c1-14-13-28-20(21-14)23-17(26)9-12-25-16-8-4-3-7-15(16)22-18(19(25)27)24-10-5-2-6-11-24/h3-4,7-8,13H,2,5-6,9-12H2,1H3,(H,21,23,26). The first-order chi connectivity index (χ1) is 13.6. The minimum absolute atomic E-state index is 0.126. The van der Waals surface area contributed by atoms with Crippen LogP contribution in [0.25, 0.3) is 11.0 Å². The Morgan fingerprint density at radius 3 is 2.71 bits per heavy atom. The molecular weight excluding hydrogens is 374 g/mol. The van der Waals surface area contributed by atoms with E-state index in [-0.39, 0.29) is 17.9 Å². The molecule has 3 aromatic rings. The average molecular weight is 398 g/mol. The van der Waals surface area contributed by atoms with Crippen LogP contribution in [0.1, 0.15) is 31.4 Å². The van der Waals surface area contributed by atoms with Crippen molar-refractivity contribution in [3.05, 3.63) is 45.7 Å². The zero-order valence-corrected chi connectivity index (χ0v) is 16.7. The molecule has 0 spiro atoms. The third kappa shape index (κ3) is 3.91. The number of piperidine rings is 1. The zero-order valence-electron chi connectivity index (χ0n) is 15.9. The molecule has 1 amide bonds. The molecule has 1 saturated heterocycles. The summed E-state index contributed by atoms with van der Waals surface area (Å²) in [4.78, 5) is 36.5. The number of nitrogens with one attached hydrogen (secondary N) is 1. The number of amides is 1. The summed E-state index contributed by atoms with van der Waals surface area (Å²) >= 11 is 1.40. The van der Waals surface area contributed by atoms with Crippen LogP contribution >= 0.6 is 11.3 Å². The van der Waals surface area contributed by atoms with Crippen molar-refractivity contribution in [2.45, 2.75) is 39.2 Å². The summed E-state index contributed by atoms with van der Waals surface area (Å²) in [6.45, 7) is 3.89. The van der Waals surface area contributed by atoms with E-state index < -0.39 is 0 Å². The summed E-state index contributed by atoms with van der Waals surface area (Å²) in [5.74, 6) is 0.344. The molecule has 1 aromatic carbocycles. The Labute approximate surface area is 167 Å². The molecule has 1 aliphatic heterocycles. The molecule has 1 N–H and O–H groups in total. The van der Waals surface area contributed by atoms with Crippen molar-refractivity contribution in [2.24, 2.45) is 0 Å². The van der Waals surface area contributed by atoms with Gasteiger partial charge in [-0.05, 0) is 38.3 Å². The molecule has 1 fully saturated rings. The zero-order chi connectivity index (χ0) is 19.5. The number of para-hydroxylation sites is 2. The van der Waals surface area contributed by atoms with Crippen molar-refractivity contribution in [3.8, 4) is 0 Å². The fraction of sp³-hybridized carbons (Fsp3) is 0.400. The molecule has 0 atom stereocenters. The van der Waals surface area contributed by atoms with Gasteiger partial charge in [0.2, 0.25) is 5.91 Å². The maximum atomic E-state index is 13.2. The number of thiazole rings is 1. The summed E-state index contributed by atoms with van der Waals surface area (Å²) in [6.07, 6.45) is 3.54. The molecule has 0 saturated carbocycles. The normalized spacial score (nSPS) is 14.4. The second-order valence-corrected chi connectivity index (χ2v) is 7.88. The van der Waals surface area contributed by atoms with E-state index in [0.717, 1.165) is 42.7 Å². The number of benzene rings is 1. The van der Waals surface area contributed by atoms with E-state index in [1.165, 1.54) is 17.8 Å². The number of carbonyl (C=O) groups is 1. The fourth-order valence-electron chi connectivity index (χ4n) is 3.52. The lowest BCUT2D eigenvalue weighted by Crippen LogP contribution is -2.37. The van der Waals surface area contributed by atoms with Crippen LogP contribution in [0.5, 0.6) is 0 Å². The molecule has 146 valence electrons. The van der Waals surface area contributed by atoms with Gasteiger partial charge in [0, 0.05) is 31.4 Å². The molecule has 0 radical (unpaired) electrons. The maximum absolute atomic E-state index is 13.2. The van der Waals surface area contributed by atoms with Gasteiger partial charge in [0.05, 0.1) is 16.7 Å². The first-order valence-electron chi connectivity index (χ1n) is 9.58. The lowest BCUT2D eigenvalue weighted by atomic mass is 10.1. The van der Waals surface area contributed by atoms with Crippen molar-refractivity contribution < 1.29 is 4.79 Å². The molecule has 0 unspecified atom stereocenters. The average Bonchev–Trinajstić information content (AvgIpc) is 3.12. The molecular formula is C20H23N5O2S. The van der Waals surface area contributed by atoms with Crippen LogP contribution in [0.4, 0.5) is 10.9 Å². The fourth-order valence-corrected chi connectivity index (χ4v) is 4.22. The van der Waals surface area contributed by atoms with Gasteiger partial charge in [-0.15, -0.1) is 11.3 Å². The van der Waals surface area contributed by atoms with Gasteiger partial charge < -0.3 is 14.8 Å². The molecule has 2 aromatic heterocycles. The number of nitrogens with zero attached hydrogens (tertiary/aromatic N) is 4. The van der Waals surface area contributed by atoms with E-state index in [2.05, 4.69) is 20.2 Å². The predicted octanol–water partition coefficient (Wildman–Crippen LogP) is 3.18. The van der Waals surface area contributed by atoms with Crippen LogP contribution < -0.4 is 15.8 Å². The summed E-state index contributed by atoms with van der Waals surface area (Å²) < 4.78 is 1.68. The first-order valence-corrected chi connectivity index (χ1v) is 10.5. The molecule has 28 heavy (non-hydrogen) atoms. The summed E-state index contributed by atoms with van der Waals surface area (Å²) in [5, 5.41) is 5.28. The summed E-state index contributed by atoms with van der Waals surface area (Å²) in [6, 6.07) is 7.60. The molecule has 8 heteroatoms. The lowest BCUT2D eigenvalue weighted by Gasteiger charge is -2.27. The number of anilines is 2. The highest BCUT2D eigenvalue weighted by atomic mass is 32.1. The second kappa shape index (κ2) is 8.10.